The topological polar surface area (TPSA) is 49.4 Å². The van der Waals surface area contributed by atoms with Gasteiger partial charge in [-0.15, -0.1) is 12.3 Å². The Balaban J connectivity index is 2.96. The fourth-order valence-electron chi connectivity index (χ4n) is 2.13. The van der Waals surface area contributed by atoms with Gasteiger partial charge in [0.2, 0.25) is 11.8 Å². The highest BCUT2D eigenvalue weighted by Gasteiger charge is 2.41. The third-order valence-electron chi connectivity index (χ3n) is 3.17. The molecule has 94 valence electrons. The van der Waals surface area contributed by atoms with Gasteiger partial charge in [-0.05, 0) is 19.8 Å². The highest BCUT2D eigenvalue weighted by Crippen LogP contribution is 2.19. The number of terminal acetylenes is 1. The molecule has 3 atom stereocenters. The van der Waals surface area contributed by atoms with E-state index >= 15 is 0 Å². The lowest BCUT2D eigenvalue weighted by Crippen LogP contribution is -2.65. The van der Waals surface area contributed by atoms with Crippen LogP contribution in [0.15, 0.2) is 0 Å². The van der Waals surface area contributed by atoms with Crippen molar-refractivity contribution in [2.75, 3.05) is 0 Å². The first kappa shape index (κ1) is 13.6. The van der Waals surface area contributed by atoms with Gasteiger partial charge >= 0.3 is 0 Å². The lowest BCUT2D eigenvalue weighted by atomic mass is 9.96. The molecular weight excluding hydrogens is 216 g/mol. The van der Waals surface area contributed by atoms with Gasteiger partial charge in [-0.2, -0.15) is 0 Å². The minimum absolute atomic E-state index is 0.0325. The summed E-state index contributed by atoms with van der Waals surface area (Å²) in [5, 5.41) is 2.76. The molecule has 1 fully saturated rings. The Bertz CT molecular complexity index is 357. The van der Waals surface area contributed by atoms with Crippen molar-refractivity contribution in [3.63, 3.8) is 0 Å². The number of amides is 2. The molecule has 1 N–H and O–H groups in total. The summed E-state index contributed by atoms with van der Waals surface area (Å²) in [6.45, 7) is 7.45. The van der Waals surface area contributed by atoms with Crippen LogP contribution in [0.3, 0.4) is 0 Å². The maximum Gasteiger partial charge on any atom is 0.246 e. The van der Waals surface area contributed by atoms with Gasteiger partial charge in [-0.3, -0.25) is 9.59 Å². The van der Waals surface area contributed by atoms with Crippen LogP contribution in [0.25, 0.3) is 0 Å². The van der Waals surface area contributed by atoms with Crippen LogP contribution in [0.5, 0.6) is 0 Å². The molecule has 0 radical (unpaired) electrons. The lowest BCUT2D eigenvalue weighted by Gasteiger charge is -2.41. The molecule has 0 aromatic rings. The second kappa shape index (κ2) is 5.22. The molecular formula is C13H20N2O2. The van der Waals surface area contributed by atoms with Crippen molar-refractivity contribution in [3.05, 3.63) is 0 Å². The van der Waals surface area contributed by atoms with Crippen LogP contribution in [0.4, 0.5) is 0 Å². The van der Waals surface area contributed by atoms with Gasteiger partial charge in [0, 0.05) is 12.5 Å². The van der Waals surface area contributed by atoms with E-state index in [0.717, 1.165) is 0 Å². The van der Waals surface area contributed by atoms with Crippen LogP contribution in [0.1, 0.15) is 34.1 Å². The summed E-state index contributed by atoms with van der Waals surface area (Å²) < 4.78 is 0. The van der Waals surface area contributed by atoms with Crippen molar-refractivity contribution in [1.82, 2.24) is 10.2 Å². The summed E-state index contributed by atoms with van der Waals surface area (Å²) in [7, 11) is 0. The molecule has 17 heavy (non-hydrogen) atoms. The van der Waals surface area contributed by atoms with Crippen LogP contribution in [0, 0.1) is 18.3 Å². The van der Waals surface area contributed by atoms with Gasteiger partial charge in [0.25, 0.3) is 0 Å². The van der Waals surface area contributed by atoms with E-state index in [2.05, 4.69) is 11.2 Å². The fraction of sp³-hybridized carbons (Fsp3) is 0.692. The predicted octanol–water partition coefficient (Wildman–Crippen LogP) is 0.770. The van der Waals surface area contributed by atoms with Gasteiger partial charge in [-0.1, -0.05) is 13.8 Å². The highest BCUT2D eigenvalue weighted by molar-refractivity contribution is 5.97. The number of nitrogens with one attached hydrogen (secondary N) is 1. The van der Waals surface area contributed by atoms with Crippen molar-refractivity contribution < 1.29 is 9.59 Å². The van der Waals surface area contributed by atoms with E-state index < -0.39 is 12.1 Å². The monoisotopic (exact) mass is 236 g/mol. The van der Waals surface area contributed by atoms with Gasteiger partial charge in [-0.25, -0.2) is 0 Å². The zero-order valence-electron chi connectivity index (χ0n) is 10.9. The molecule has 4 heteroatoms. The smallest absolute Gasteiger partial charge is 0.246 e. The molecule has 0 spiro atoms. The van der Waals surface area contributed by atoms with Gasteiger partial charge < -0.3 is 10.2 Å². The number of hydrogen-bond donors (Lipinski definition) is 1. The first-order valence-electron chi connectivity index (χ1n) is 5.96. The summed E-state index contributed by atoms with van der Waals surface area (Å²) in [5.74, 6) is 2.49. The second-order valence-electron chi connectivity index (χ2n) is 4.91. The van der Waals surface area contributed by atoms with Crippen LogP contribution >= 0.6 is 0 Å². The SMILES string of the molecule is C#CCC(C)N1C(=O)C(C(C)C)NC(=O)C1C. The maximum atomic E-state index is 12.3. The van der Waals surface area contributed by atoms with Crippen molar-refractivity contribution in [2.24, 2.45) is 5.92 Å². The van der Waals surface area contributed by atoms with Crippen molar-refractivity contribution >= 4 is 11.8 Å². The fourth-order valence-corrected chi connectivity index (χ4v) is 2.13. The molecule has 1 aliphatic rings. The maximum absolute atomic E-state index is 12.3. The molecule has 1 rings (SSSR count). The lowest BCUT2D eigenvalue weighted by molar-refractivity contribution is -0.152. The molecule has 0 aromatic carbocycles. The average Bonchev–Trinajstić information content (AvgIpc) is 2.23. The molecule has 0 aromatic heterocycles. The first-order chi connectivity index (χ1) is 7.90. The highest BCUT2D eigenvalue weighted by atomic mass is 16.2. The Morgan fingerprint density at radius 1 is 1.41 bits per heavy atom. The number of nitrogens with zero attached hydrogens (tertiary/aromatic N) is 1. The van der Waals surface area contributed by atoms with Gasteiger partial charge in [0.15, 0.2) is 0 Å². The number of hydrogen-bond acceptors (Lipinski definition) is 2. The summed E-state index contributed by atoms with van der Waals surface area (Å²) in [6, 6.07) is -0.977. The van der Waals surface area contributed by atoms with Gasteiger partial charge in [0.05, 0.1) is 0 Å². The minimum Gasteiger partial charge on any atom is -0.342 e. The second-order valence-corrected chi connectivity index (χ2v) is 4.91. The molecule has 1 heterocycles. The third-order valence-corrected chi connectivity index (χ3v) is 3.17. The van der Waals surface area contributed by atoms with Crippen molar-refractivity contribution in [3.8, 4) is 12.3 Å². The number of rotatable bonds is 3. The standard InChI is InChI=1S/C13H20N2O2/c1-6-7-9(4)15-10(5)12(16)14-11(8(2)3)13(15)17/h1,8-11H,7H2,2-5H3,(H,14,16). The Kier molecular flexibility index (Phi) is 4.17. The Morgan fingerprint density at radius 3 is 2.47 bits per heavy atom. The van der Waals surface area contributed by atoms with E-state index in [-0.39, 0.29) is 23.8 Å². The van der Waals surface area contributed by atoms with Crippen molar-refractivity contribution in [1.29, 1.82) is 0 Å². The summed E-state index contributed by atoms with van der Waals surface area (Å²) >= 11 is 0. The zero-order valence-corrected chi connectivity index (χ0v) is 10.9. The average molecular weight is 236 g/mol. The number of carbonyl (C=O) groups is 2. The zero-order chi connectivity index (χ0) is 13.2. The van der Waals surface area contributed by atoms with E-state index in [1.165, 1.54) is 0 Å². The van der Waals surface area contributed by atoms with Crippen LogP contribution in [-0.4, -0.2) is 34.8 Å². The number of carbonyl (C=O) groups excluding carboxylic acids is 2. The van der Waals surface area contributed by atoms with Gasteiger partial charge in [0.1, 0.15) is 12.1 Å². The van der Waals surface area contributed by atoms with E-state index in [1.54, 1.807) is 11.8 Å². The van der Waals surface area contributed by atoms with E-state index in [0.29, 0.717) is 6.42 Å². The molecule has 0 bridgehead atoms. The molecule has 1 aliphatic heterocycles. The molecule has 0 saturated carbocycles. The molecule has 0 aliphatic carbocycles. The number of piperazine rings is 1. The van der Waals surface area contributed by atoms with Crippen molar-refractivity contribution in [2.45, 2.75) is 52.2 Å². The Morgan fingerprint density at radius 2 is 2.00 bits per heavy atom. The van der Waals surface area contributed by atoms with E-state index in [1.807, 2.05) is 20.8 Å². The Labute approximate surface area is 103 Å². The Hall–Kier alpha value is -1.50. The van der Waals surface area contributed by atoms with E-state index in [4.69, 9.17) is 6.42 Å². The summed E-state index contributed by atoms with van der Waals surface area (Å²) in [4.78, 5) is 25.7. The molecule has 2 amide bonds. The summed E-state index contributed by atoms with van der Waals surface area (Å²) in [5.41, 5.74) is 0. The molecule has 1 saturated heterocycles. The predicted molar refractivity (Wildman–Crippen MR) is 66.0 cm³/mol. The van der Waals surface area contributed by atoms with Crippen LogP contribution < -0.4 is 5.32 Å². The first-order valence-corrected chi connectivity index (χ1v) is 5.96. The van der Waals surface area contributed by atoms with Crippen LogP contribution in [-0.2, 0) is 9.59 Å². The molecule has 3 unspecified atom stereocenters. The largest absolute Gasteiger partial charge is 0.342 e. The quantitative estimate of drug-likeness (QED) is 0.736. The minimum atomic E-state index is -0.444. The van der Waals surface area contributed by atoms with Crippen LogP contribution in [0.2, 0.25) is 0 Å². The third kappa shape index (κ3) is 2.60. The molecule has 4 nitrogen and oxygen atoms in total. The summed E-state index contributed by atoms with van der Waals surface area (Å²) in [6.07, 6.45) is 5.73. The van der Waals surface area contributed by atoms with E-state index in [9.17, 15) is 9.59 Å². The normalized spacial score (nSPS) is 26.7.